The smallest absolute Gasteiger partial charge is 0.273 e. The average molecular weight is 346 g/mol. The summed E-state index contributed by atoms with van der Waals surface area (Å²) < 4.78 is 0. The molecule has 2 heterocycles. The second-order valence-electron chi connectivity index (χ2n) is 4.87. The van der Waals surface area contributed by atoms with E-state index in [0.29, 0.717) is 18.8 Å². The molecule has 0 aliphatic heterocycles. The van der Waals surface area contributed by atoms with Crippen LogP contribution in [-0.4, -0.2) is 21.8 Å². The standard InChI is InChI=1S/C14H19N3OS2.ClH/c1-9(2)17(7-11-5-4-10(3)20-11)14(18)12-8-19-13(6-15)16-12;/h4-5,8-9H,6-7,15H2,1-3H3;1H. The molecule has 4 nitrogen and oxygen atoms in total. The van der Waals surface area contributed by atoms with Crippen LogP contribution in [0.2, 0.25) is 0 Å². The third kappa shape index (κ3) is 4.51. The summed E-state index contributed by atoms with van der Waals surface area (Å²) in [7, 11) is 0. The molecule has 0 atom stereocenters. The molecule has 0 saturated carbocycles. The molecule has 1 amide bonds. The molecule has 0 spiro atoms. The number of hydrogen-bond acceptors (Lipinski definition) is 5. The second kappa shape index (κ2) is 7.89. The first-order valence-corrected chi connectivity index (χ1v) is 8.21. The van der Waals surface area contributed by atoms with E-state index < -0.39 is 0 Å². The van der Waals surface area contributed by atoms with Gasteiger partial charge in [-0.15, -0.1) is 35.1 Å². The van der Waals surface area contributed by atoms with Gasteiger partial charge in [-0.05, 0) is 32.9 Å². The first kappa shape index (κ1) is 18.1. The van der Waals surface area contributed by atoms with E-state index in [2.05, 4.69) is 24.0 Å². The normalized spacial score (nSPS) is 10.5. The first-order chi connectivity index (χ1) is 9.51. The molecule has 0 radical (unpaired) electrons. The van der Waals surface area contributed by atoms with Crippen molar-refractivity contribution in [2.75, 3.05) is 0 Å². The molecule has 2 aromatic heterocycles. The maximum Gasteiger partial charge on any atom is 0.273 e. The summed E-state index contributed by atoms with van der Waals surface area (Å²) in [6.45, 7) is 7.13. The van der Waals surface area contributed by atoms with Crippen LogP contribution in [0.25, 0.3) is 0 Å². The van der Waals surface area contributed by atoms with Crippen LogP contribution in [0.3, 0.4) is 0 Å². The van der Waals surface area contributed by atoms with Gasteiger partial charge in [-0.2, -0.15) is 0 Å². The molecule has 0 saturated heterocycles. The van der Waals surface area contributed by atoms with Crippen molar-refractivity contribution in [3.63, 3.8) is 0 Å². The lowest BCUT2D eigenvalue weighted by Gasteiger charge is -2.25. The highest BCUT2D eigenvalue weighted by molar-refractivity contribution is 7.11. The van der Waals surface area contributed by atoms with E-state index >= 15 is 0 Å². The zero-order chi connectivity index (χ0) is 14.7. The maximum atomic E-state index is 12.6. The molecule has 116 valence electrons. The molecule has 2 N–H and O–H groups in total. The van der Waals surface area contributed by atoms with Gasteiger partial charge in [0.25, 0.3) is 5.91 Å². The molecule has 0 aliphatic carbocycles. The Kier molecular flexibility index (Phi) is 6.80. The van der Waals surface area contributed by atoms with Crippen LogP contribution in [0.5, 0.6) is 0 Å². The predicted octanol–water partition coefficient (Wildman–Crippen LogP) is 3.44. The Hall–Kier alpha value is -0.950. The third-order valence-corrected chi connectivity index (χ3v) is 4.81. The number of thiazole rings is 1. The fourth-order valence-corrected chi connectivity index (χ4v) is 3.41. The summed E-state index contributed by atoms with van der Waals surface area (Å²) >= 11 is 3.16. The number of thiophene rings is 1. The SMILES string of the molecule is Cc1ccc(CN(C(=O)c2csc(CN)n2)C(C)C)s1.Cl. The fraction of sp³-hybridized carbons (Fsp3) is 0.429. The topological polar surface area (TPSA) is 59.2 Å². The van der Waals surface area contributed by atoms with Gasteiger partial charge in [-0.1, -0.05) is 0 Å². The van der Waals surface area contributed by atoms with Crippen molar-refractivity contribution in [3.8, 4) is 0 Å². The highest BCUT2D eigenvalue weighted by atomic mass is 35.5. The van der Waals surface area contributed by atoms with Crippen molar-refractivity contribution in [3.05, 3.63) is 38.0 Å². The number of carbonyl (C=O) groups excluding carboxylic acids is 1. The second-order valence-corrected chi connectivity index (χ2v) is 7.18. The van der Waals surface area contributed by atoms with Gasteiger partial charge in [0.05, 0.1) is 6.54 Å². The Labute approximate surface area is 139 Å². The van der Waals surface area contributed by atoms with Gasteiger partial charge in [0.2, 0.25) is 0 Å². The van der Waals surface area contributed by atoms with Gasteiger partial charge in [0.15, 0.2) is 0 Å². The number of halogens is 1. The van der Waals surface area contributed by atoms with Crippen LogP contribution in [0.1, 0.15) is 39.1 Å². The molecular formula is C14H20ClN3OS2. The number of carbonyl (C=O) groups is 1. The van der Waals surface area contributed by atoms with Crippen molar-refractivity contribution in [2.24, 2.45) is 5.73 Å². The van der Waals surface area contributed by atoms with Crippen molar-refractivity contribution in [1.82, 2.24) is 9.88 Å². The predicted molar refractivity (Wildman–Crippen MR) is 91.3 cm³/mol. The Morgan fingerprint density at radius 3 is 2.62 bits per heavy atom. The number of hydrogen-bond donors (Lipinski definition) is 1. The summed E-state index contributed by atoms with van der Waals surface area (Å²) in [4.78, 5) is 21.1. The first-order valence-electron chi connectivity index (χ1n) is 6.52. The summed E-state index contributed by atoms with van der Waals surface area (Å²) in [5.74, 6) is -0.0259. The van der Waals surface area contributed by atoms with Crippen LogP contribution in [0.15, 0.2) is 17.5 Å². The minimum absolute atomic E-state index is 0. The molecule has 0 unspecified atom stereocenters. The summed E-state index contributed by atoms with van der Waals surface area (Å²) in [5.41, 5.74) is 6.05. The lowest BCUT2D eigenvalue weighted by atomic mass is 10.2. The van der Waals surface area contributed by atoms with Crippen molar-refractivity contribution < 1.29 is 4.79 Å². The van der Waals surface area contributed by atoms with Crippen LogP contribution < -0.4 is 5.73 Å². The highest BCUT2D eigenvalue weighted by Gasteiger charge is 2.21. The Morgan fingerprint density at radius 1 is 1.43 bits per heavy atom. The lowest BCUT2D eigenvalue weighted by Crippen LogP contribution is -2.36. The van der Waals surface area contributed by atoms with E-state index in [0.717, 1.165) is 5.01 Å². The zero-order valence-corrected chi connectivity index (χ0v) is 14.8. The average Bonchev–Trinajstić information content (AvgIpc) is 3.03. The van der Waals surface area contributed by atoms with Crippen LogP contribution in [-0.2, 0) is 13.1 Å². The van der Waals surface area contributed by atoms with E-state index in [-0.39, 0.29) is 24.4 Å². The van der Waals surface area contributed by atoms with Crippen LogP contribution >= 0.6 is 35.1 Å². The summed E-state index contributed by atoms with van der Waals surface area (Å²) in [6, 6.07) is 4.29. The molecule has 2 rings (SSSR count). The quantitative estimate of drug-likeness (QED) is 0.902. The van der Waals surface area contributed by atoms with E-state index in [4.69, 9.17) is 5.73 Å². The van der Waals surface area contributed by atoms with Crippen molar-refractivity contribution in [1.29, 1.82) is 0 Å². The zero-order valence-electron chi connectivity index (χ0n) is 12.3. The van der Waals surface area contributed by atoms with E-state index in [1.807, 2.05) is 18.7 Å². The number of aryl methyl sites for hydroxylation is 1. The molecule has 0 aliphatic rings. The molecule has 21 heavy (non-hydrogen) atoms. The molecular weight excluding hydrogens is 326 g/mol. The Morgan fingerprint density at radius 2 is 2.14 bits per heavy atom. The Bertz CT molecular complexity index is 595. The van der Waals surface area contributed by atoms with Crippen LogP contribution in [0, 0.1) is 6.92 Å². The van der Waals surface area contributed by atoms with E-state index in [9.17, 15) is 4.79 Å². The maximum absolute atomic E-state index is 12.6. The van der Waals surface area contributed by atoms with E-state index in [1.165, 1.54) is 21.1 Å². The number of nitrogens with zero attached hydrogens (tertiary/aromatic N) is 2. The van der Waals surface area contributed by atoms with Gasteiger partial charge >= 0.3 is 0 Å². The van der Waals surface area contributed by atoms with E-state index in [1.54, 1.807) is 16.7 Å². The molecule has 7 heteroatoms. The Balaban J connectivity index is 0.00000220. The fourth-order valence-electron chi connectivity index (χ4n) is 1.88. The summed E-state index contributed by atoms with van der Waals surface area (Å²) in [5, 5.41) is 2.59. The third-order valence-electron chi connectivity index (χ3n) is 2.95. The van der Waals surface area contributed by atoms with Crippen molar-refractivity contribution in [2.45, 2.75) is 39.9 Å². The van der Waals surface area contributed by atoms with Gasteiger partial charge in [-0.3, -0.25) is 4.79 Å². The minimum atomic E-state index is -0.0259. The molecule has 0 aromatic carbocycles. The van der Waals surface area contributed by atoms with Gasteiger partial charge in [-0.25, -0.2) is 4.98 Å². The number of amides is 1. The highest BCUT2D eigenvalue weighted by Crippen LogP contribution is 2.20. The van der Waals surface area contributed by atoms with Crippen LogP contribution in [0.4, 0.5) is 0 Å². The number of rotatable bonds is 5. The largest absolute Gasteiger partial charge is 0.330 e. The molecule has 0 bridgehead atoms. The monoisotopic (exact) mass is 345 g/mol. The van der Waals surface area contributed by atoms with Crippen molar-refractivity contribution >= 4 is 41.0 Å². The number of nitrogens with two attached hydrogens (primary N) is 1. The lowest BCUT2D eigenvalue weighted by molar-refractivity contribution is 0.0687. The molecule has 2 aromatic rings. The van der Waals surface area contributed by atoms with Gasteiger partial charge in [0.1, 0.15) is 10.7 Å². The summed E-state index contributed by atoms with van der Waals surface area (Å²) in [6.07, 6.45) is 0. The van der Waals surface area contributed by atoms with Gasteiger partial charge in [0, 0.05) is 27.7 Å². The minimum Gasteiger partial charge on any atom is -0.330 e. The molecule has 0 fully saturated rings. The van der Waals surface area contributed by atoms with Gasteiger partial charge < -0.3 is 10.6 Å². The number of aromatic nitrogens is 1.